The van der Waals surface area contributed by atoms with Crippen LogP contribution in [0.4, 0.5) is 0 Å². The Labute approximate surface area is 63.8 Å². The van der Waals surface area contributed by atoms with Gasteiger partial charge in [-0.25, -0.2) is 12.7 Å². The highest BCUT2D eigenvalue weighted by Gasteiger charge is 2.20. The zero-order valence-corrected chi connectivity index (χ0v) is 6.87. The molecule has 1 aromatic rings. The van der Waals surface area contributed by atoms with Crippen LogP contribution in [0, 0.1) is 0 Å². The van der Waals surface area contributed by atoms with Gasteiger partial charge in [0.2, 0.25) is 5.03 Å². The summed E-state index contributed by atoms with van der Waals surface area (Å²) >= 11 is 0. The van der Waals surface area contributed by atoms with E-state index in [0.29, 0.717) is 0 Å². The lowest BCUT2D eigenvalue weighted by atomic mass is 11.0. The van der Waals surface area contributed by atoms with Gasteiger partial charge in [-0.1, -0.05) is 5.10 Å². The molecule has 1 rings (SSSR count). The van der Waals surface area contributed by atoms with E-state index in [1.54, 1.807) is 0 Å². The number of hydrogen-bond donors (Lipinski definition) is 0. The molecule has 0 unspecified atom stereocenters. The summed E-state index contributed by atoms with van der Waals surface area (Å²) in [7, 11) is -0.654. The number of aromatic nitrogens is 2. The third-order valence-electron chi connectivity index (χ3n) is 1.09. The van der Waals surface area contributed by atoms with E-state index in [2.05, 4.69) is 14.9 Å². The average Bonchev–Trinajstić information content (AvgIpc) is 2.37. The fraction of sp³-hybridized carbons (Fsp3) is 0.500. The molecule has 0 spiro atoms. The summed E-state index contributed by atoms with van der Waals surface area (Å²) in [5.74, 6) is 0. The van der Waals surface area contributed by atoms with Gasteiger partial charge in [0.05, 0.1) is 0 Å². The van der Waals surface area contributed by atoms with Gasteiger partial charge in [0, 0.05) is 19.4 Å². The molecule has 0 atom stereocenters. The number of rotatable bonds is 2. The highest BCUT2D eigenvalue weighted by Crippen LogP contribution is 2.06. The first-order valence-corrected chi connectivity index (χ1v) is 4.19. The van der Waals surface area contributed by atoms with Crippen LogP contribution in [0.3, 0.4) is 0 Å². The lowest BCUT2D eigenvalue weighted by Gasteiger charge is -2.05. The van der Waals surface area contributed by atoms with Crippen molar-refractivity contribution in [1.82, 2.24) is 14.7 Å². The summed E-state index contributed by atoms with van der Waals surface area (Å²) in [6.07, 6.45) is 0.981. The third kappa shape index (κ3) is 1.38. The SMILES string of the molecule is CN(C)S(=O)(=O)c1conn1. The van der Waals surface area contributed by atoms with Gasteiger partial charge in [-0.15, -0.1) is 0 Å². The van der Waals surface area contributed by atoms with Gasteiger partial charge in [0.1, 0.15) is 0 Å². The highest BCUT2D eigenvalue weighted by atomic mass is 32.2. The molecule has 0 aliphatic heterocycles. The molecule has 1 heterocycles. The summed E-state index contributed by atoms with van der Waals surface area (Å²) < 4.78 is 27.6. The van der Waals surface area contributed by atoms with E-state index in [-0.39, 0.29) is 5.03 Å². The maximum Gasteiger partial charge on any atom is 0.265 e. The van der Waals surface area contributed by atoms with Gasteiger partial charge in [-0.2, -0.15) is 0 Å². The van der Waals surface area contributed by atoms with Crippen LogP contribution in [0.2, 0.25) is 0 Å². The average molecular weight is 177 g/mol. The second kappa shape index (κ2) is 2.59. The van der Waals surface area contributed by atoms with Crippen molar-refractivity contribution in [3.8, 4) is 0 Å². The van der Waals surface area contributed by atoms with E-state index >= 15 is 0 Å². The second-order valence-electron chi connectivity index (χ2n) is 2.03. The molecular formula is C4H7N3O3S. The Morgan fingerprint density at radius 2 is 2.18 bits per heavy atom. The van der Waals surface area contributed by atoms with E-state index in [4.69, 9.17) is 0 Å². The number of sulfonamides is 1. The van der Waals surface area contributed by atoms with E-state index in [1.807, 2.05) is 0 Å². The molecule has 0 radical (unpaired) electrons. The Balaban J connectivity index is 3.12. The van der Waals surface area contributed by atoms with Crippen LogP contribution < -0.4 is 0 Å². The largest absolute Gasteiger partial charge is 0.344 e. The Bertz CT molecular complexity index is 314. The van der Waals surface area contributed by atoms with Crippen LogP contribution in [-0.4, -0.2) is 37.2 Å². The molecule has 11 heavy (non-hydrogen) atoms. The summed E-state index contributed by atoms with van der Waals surface area (Å²) in [6, 6.07) is 0. The van der Waals surface area contributed by atoms with Crippen molar-refractivity contribution < 1.29 is 12.9 Å². The van der Waals surface area contributed by atoms with Gasteiger partial charge in [0.25, 0.3) is 10.0 Å². The Morgan fingerprint density at radius 1 is 1.55 bits per heavy atom. The van der Waals surface area contributed by atoms with Crippen molar-refractivity contribution in [2.45, 2.75) is 5.03 Å². The first kappa shape index (κ1) is 8.15. The van der Waals surface area contributed by atoms with Crippen LogP contribution in [0.15, 0.2) is 15.8 Å². The molecule has 0 bridgehead atoms. The molecule has 0 fully saturated rings. The smallest absolute Gasteiger partial charge is 0.265 e. The van der Waals surface area contributed by atoms with Gasteiger partial charge in [-0.3, -0.25) is 0 Å². The van der Waals surface area contributed by atoms with Crippen molar-refractivity contribution in [3.05, 3.63) is 6.26 Å². The van der Waals surface area contributed by atoms with Gasteiger partial charge in [0.15, 0.2) is 6.26 Å². The first-order valence-electron chi connectivity index (χ1n) is 2.75. The Hall–Kier alpha value is -0.950. The monoisotopic (exact) mass is 177 g/mol. The van der Waals surface area contributed by atoms with Crippen LogP contribution >= 0.6 is 0 Å². The van der Waals surface area contributed by atoms with Crippen molar-refractivity contribution >= 4 is 10.0 Å². The maximum absolute atomic E-state index is 11.2. The standard InChI is InChI=1S/C4H7N3O3S/c1-7(2)11(8,9)4-3-10-6-5-4/h3H,1-2H3. The molecule has 0 aliphatic carbocycles. The van der Waals surface area contributed by atoms with E-state index < -0.39 is 10.0 Å². The maximum atomic E-state index is 11.2. The molecule has 0 N–H and O–H groups in total. The van der Waals surface area contributed by atoms with Crippen molar-refractivity contribution in [2.75, 3.05) is 14.1 Å². The fourth-order valence-electron chi connectivity index (χ4n) is 0.455. The molecule has 0 saturated heterocycles. The molecule has 0 aliphatic rings. The minimum Gasteiger partial charge on any atom is -0.344 e. The molecule has 62 valence electrons. The van der Waals surface area contributed by atoms with Crippen LogP contribution in [0.1, 0.15) is 0 Å². The third-order valence-corrected chi connectivity index (χ3v) is 2.75. The zero-order chi connectivity index (χ0) is 8.48. The van der Waals surface area contributed by atoms with Crippen molar-refractivity contribution in [1.29, 1.82) is 0 Å². The zero-order valence-electron chi connectivity index (χ0n) is 6.05. The number of nitrogens with zero attached hydrogens (tertiary/aromatic N) is 3. The molecule has 0 aromatic carbocycles. The van der Waals surface area contributed by atoms with Gasteiger partial charge in [-0.05, 0) is 0 Å². The van der Waals surface area contributed by atoms with Gasteiger partial charge >= 0.3 is 0 Å². The predicted molar refractivity (Wildman–Crippen MR) is 35.2 cm³/mol. The summed E-state index contributed by atoms with van der Waals surface area (Å²) in [5.41, 5.74) is 0. The van der Waals surface area contributed by atoms with Crippen molar-refractivity contribution in [2.24, 2.45) is 0 Å². The summed E-state index contributed by atoms with van der Waals surface area (Å²) in [5, 5.41) is 6.12. The minimum atomic E-state index is -3.47. The summed E-state index contributed by atoms with van der Waals surface area (Å²) in [4.78, 5) is 0. The normalized spacial score (nSPS) is 12.3. The highest BCUT2D eigenvalue weighted by molar-refractivity contribution is 7.89. The Kier molecular flexibility index (Phi) is 1.92. The Morgan fingerprint density at radius 3 is 2.55 bits per heavy atom. The quantitative estimate of drug-likeness (QED) is 0.598. The van der Waals surface area contributed by atoms with Crippen LogP contribution in [0.25, 0.3) is 0 Å². The van der Waals surface area contributed by atoms with E-state index in [9.17, 15) is 8.42 Å². The van der Waals surface area contributed by atoms with E-state index in [0.717, 1.165) is 10.6 Å². The fourth-order valence-corrected chi connectivity index (χ4v) is 1.13. The molecule has 7 heteroatoms. The molecule has 0 amide bonds. The molecular weight excluding hydrogens is 170 g/mol. The molecule has 6 nitrogen and oxygen atoms in total. The molecule has 0 saturated carbocycles. The minimum absolute atomic E-state index is 0.178. The predicted octanol–water partition coefficient (Wildman–Crippen LogP) is -0.680. The first-order chi connectivity index (χ1) is 5.05. The second-order valence-corrected chi connectivity index (χ2v) is 4.13. The lowest BCUT2D eigenvalue weighted by Crippen LogP contribution is -2.22. The summed E-state index contributed by atoms with van der Waals surface area (Å²) in [6.45, 7) is 0. The van der Waals surface area contributed by atoms with Crippen molar-refractivity contribution in [3.63, 3.8) is 0 Å². The van der Waals surface area contributed by atoms with Crippen LogP contribution in [0.5, 0.6) is 0 Å². The molecule has 1 aromatic heterocycles. The van der Waals surface area contributed by atoms with Crippen LogP contribution in [-0.2, 0) is 10.0 Å². The van der Waals surface area contributed by atoms with Gasteiger partial charge < -0.3 is 4.52 Å². The topological polar surface area (TPSA) is 76.3 Å². The number of hydrogen-bond acceptors (Lipinski definition) is 5. The lowest BCUT2D eigenvalue weighted by molar-refractivity contribution is 0.392. The van der Waals surface area contributed by atoms with E-state index in [1.165, 1.54) is 14.1 Å².